The summed E-state index contributed by atoms with van der Waals surface area (Å²) in [5.41, 5.74) is 9.58. The average Bonchev–Trinajstić information content (AvgIpc) is 3.63. The lowest BCUT2D eigenvalue weighted by Gasteiger charge is -2.06. The van der Waals surface area contributed by atoms with Gasteiger partial charge in [0, 0.05) is 5.69 Å². The molecule has 3 aromatic heterocycles. The summed E-state index contributed by atoms with van der Waals surface area (Å²) in [5.74, 6) is 0.891. The molecule has 0 saturated heterocycles. The highest BCUT2D eigenvalue weighted by Crippen LogP contribution is 2.31. The zero-order valence-corrected chi connectivity index (χ0v) is 19.9. The number of rotatable bonds is 3. The monoisotopic (exact) mass is 475 g/mol. The molecule has 0 bridgehead atoms. The third-order valence-electron chi connectivity index (χ3n) is 7.04. The van der Waals surface area contributed by atoms with Crippen molar-refractivity contribution in [3.8, 4) is 17.1 Å². The lowest BCUT2D eigenvalue weighted by molar-refractivity contribution is -0.571. The summed E-state index contributed by atoms with van der Waals surface area (Å²) in [5, 5.41) is 0. The van der Waals surface area contributed by atoms with E-state index in [1.54, 1.807) is 0 Å². The zero-order valence-electron chi connectivity index (χ0n) is 19.9. The number of aromatic nitrogens is 5. The summed E-state index contributed by atoms with van der Waals surface area (Å²) in [6.45, 7) is 0. The fourth-order valence-electron chi connectivity index (χ4n) is 5.43. The van der Waals surface area contributed by atoms with E-state index in [9.17, 15) is 0 Å². The van der Waals surface area contributed by atoms with Gasteiger partial charge in [0.05, 0.1) is 39.0 Å². The highest BCUT2D eigenvalue weighted by Gasteiger charge is 2.20. The maximum Gasteiger partial charge on any atom is 0.269 e. The van der Waals surface area contributed by atoms with Gasteiger partial charge in [-0.25, -0.2) is 4.98 Å². The second-order valence-electron chi connectivity index (χ2n) is 9.15. The number of hydrogen-bond donors (Lipinski definition) is 0. The van der Waals surface area contributed by atoms with Crippen LogP contribution in [-0.4, -0.2) is 18.5 Å². The number of nitrogens with zero attached hydrogens (tertiary/aromatic N) is 5. The van der Waals surface area contributed by atoms with Gasteiger partial charge in [-0.2, -0.15) is 0 Å². The lowest BCUT2D eigenvalue weighted by atomic mass is 10.2. The molecule has 0 saturated carbocycles. The molecule has 37 heavy (non-hydrogen) atoms. The molecule has 8 aromatic rings. The van der Waals surface area contributed by atoms with Crippen LogP contribution in [0.3, 0.4) is 0 Å². The minimum atomic E-state index is 0.891. The highest BCUT2D eigenvalue weighted by molar-refractivity contribution is 5.94. The average molecular weight is 476 g/mol. The largest absolute Gasteiger partial charge is 0.292 e. The summed E-state index contributed by atoms with van der Waals surface area (Å²) in [7, 11) is 0. The predicted molar refractivity (Wildman–Crippen MR) is 147 cm³/mol. The summed E-state index contributed by atoms with van der Waals surface area (Å²) >= 11 is 0. The molecule has 3 heterocycles. The van der Waals surface area contributed by atoms with Crippen molar-refractivity contribution < 1.29 is 4.57 Å². The van der Waals surface area contributed by atoms with E-state index in [2.05, 4.69) is 140 Å². The summed E-state index contributed by atoms with van der Waals surface area (Å²) in [4.78, 5) is 5.27. The van der Waals surface area contributed by atoms with Gasteiger partial charge in [0.1, 0.15) is 5.52 Å². The van der Waals surface area contributed by atoms with Crippen LogP contribution in [0.5, 0.6) is 0 Å². The molecule has 0 aliphatic carbocycles. The molecular weight excluding hydrogens is 454 g/mol. The Hall–Kier alpha value is -5.16. The molecule has 0 N–H and O–H groups in total. The molecule has 0 amide bonds. The van der Waals surface area contributed by atoms with Crippen molar-refractivity contribution in [3.05, 3.63) is 134 Å². The van der Waals surface area contributed by atoms with Crippen LogP contribution >= 0.6 is 0 Å². The van der Waals surface area contributed by atoms with E-state index >= 15 is 0 Å². The number of para-hydroxylation sites is 7. The van der Waals surface area contributed by atoms with Crippen LogP contribution < -0.4 is 4.57 Å². The Balaban J connectivity index is 1.47. The SMILES string of the molecule is [c-]1n(-c2ccccc2)c2ccccc2[n+]1-c1cccc2c1nc1n(-c3ccccc3)c3ccccc3n21. The maximum atomic E-state index is 5.27. The number of fused-ring (bicyclic) bond motifs is 6. The van der Waals surface area contributed by atoms with Crippen LogP contribution in [0.1, 0.15) is 0 Å². The Kier molecular flexibility index (Phi) is 4.16. The zero-order chi connectivity index (χ0) is 24.3. The standard InChI is InChI=1S/C32H21N5/c1-3-12-23(13-4-1)34-22-35(26-17-8-7-16-25(26)34)29-20-11-21-30-31(29)33-32-36(24-14-5-2-6-15-24)27-18-9-10-19-28(27)37(30)32/h1-21H. The Morgan fingerprint density at radius 2 is 1.16 bits per heavy atom. The molecule has 0 radical (unpaired) electrons. The Morgan fingerprint density at radius 3 is 1.95 bits per heavy atom. The Bertz CT molecular complexity index is 2080. The van der Waals surface area contributed by atoms with E-state index in [0.717, 1.165) is 55.9 Å². The van der Waals surface area contributed by atoms with Crippen molar-refractivity contribution in [1.29, 1.82) is 0 Å². The fraction of sp³-hybridized carbons (Fsp3) is 0. The normalized spacial score (nSPS) is 11.8. The second-order valence-corrected chi connectivity index (χ2v) is 9.15. The third kappa shape index (κ3) is 2.85. The quantitative estimate of drug-likeness (QED) is 0.213. The van der Waals surface area contributed by atoms with Gasteiger partial charge in [-0.15, -0.1) is 0 Å². The van der Waals surface area contributed by atoms with E-state index < -0.39 is 0 Å². The predicted octanol–water partition coefficient (Wildman–Crippen LogP) is 6.45. The molecule has 0 aliphatic rings. The Morgan fingerprint density at radius 1 is 0.541 bits per heavy atom. The minimum Gasteiger partial charge on any atom is -0.292 e. The van der Waals surface area contributed by atoms with Crippen molar-refractivity contribution in [1.82, 2.24) is 18.5 Å². The van der Waals surface area contributed by atoms with Crippen molar-refractivity contribution >= 4 is 38.9 Å². The van der Waals surface area contributed by atoms with E-state index in [1.807, 2.05) is 12.1 Å². The van der Waals surface area contributed by atoms with Gasteiger partial charge in [0.2, 0.25) is 5.78 Å². The number of hydrogen-bond acceptors (Lipinski definition) is 1. The van der Waals surface area contributed by atoms with E-state index in [0.29, 0.717) is 0 Å². The van der Waals surface area contributed by atoms with Crippen LogP contribution in [-0.2, 0) is 0 Å². The van der Waals surface area contributed by atoms with Gasteiger partial charge < -0.3 is 0 Å². The molecule has 0 unspecified atom stereocenters. The van der Waals surface area contributed by atoms with Gasteiger partial charge in [0.25, 0.3) is 6.33 Å². The van der Waals surface area contributed by atoms with Gasteiger partial charge in [-0.1, -0.05) is 78.9 Å². The molecule has 0 spiro atoms. The van der Waals surface area contributed by atoms with Crippen LogP contribution in [0.15, 0.2) is 127 Å². The molecule has 8 rings (SSSR count). The molecule has 5 aromatic carbocycles. The first-order valence-electron chi connectivity index (χ1n) is 12.4. The molecule has 0 fully saturated rings. The van der Waals surface area contributed by atoms with E-state index in [-0.39, 0.29) is 0 Å². The summed E-state index contributed by atoms with van der Waals surface area (Å²) in [6, 6.07) is 44.1. The van der Waals surface area contributed by atoms with Crippen molar-refractivity contribution in [2.45, 2.75) is 0 Å². The van der Waals surface area contributed by atoms with Gasteiger partial charge in [-0.3, -0.25) is 18.1 Å². The molecule has 174 valence electrons. The lowest BCUT2D eigenvalue weighted by Crippen LogP contribution is -2.30. The van der Waals surface area contributed by atoms with Gasteiger partial charge in [0.15, 0.2) is 0 Å². The summed E-state index contributed by atoms with van der Waals surface area (Å²) < 4.78 is 8.74. The van der Waals surface area contributed by atoms with Crippen LogP contribution in [0.4, 0.5) is 0 Å². The topological polar surface area (TPSA) is 31.0 Å². The molecule has 0 atom stereocenters. The highest BCUT2D eigenvalue weighted by atomic mass is 15.2. The molecule has 5 heteroatoms. The second kappa shape index (κ2) is 7.67. The maximum absolute atomic E-state index is 5.27. The summed E-state index contributed by atoms with van der Waals surface area (Å²) in [6.07, 6.45) is 3.61. The molecular formula is C32H21N5. The number of benzene rings is 5. The van der Waals surface area contributed by atoms with Gasteiger partial charge >= 0.3 is 0 Å². The first-order valence-corrected chi connectivity index (χ1v) is 12.4. The first kappa shape index (κ1) is 20.1. The van der Waals surface area contributed by atoms with Crippen molar-refractivity contribution in [2.75, 3.05) is 0 Å². The van der Waals surface area contributed by atoms with Crippen LogP contribution in [0.2, 0.25) is 0 Å². The van der Waals surface area contributed by atoms with Crippen molar-refractivity contribution in [3.63, 3.8) is 0 Å². The van der Waals surface area contributed by atoms with Gasteiger partial charge in [-0.05, 0) is 48.5 Å². The Labute approximate surface area is 212 Å². The minimum absolute atomic E-state index is 0.891. The molecule has 5 nitrogen and oxygen atoms in total. The fourth-order valence-corrected chi connectivity index (χ4v) is 5.43. The molecule has 0 aliphatic heterocycles. The van der Waals surface area contributed by atoms with Crippen LogP contribution in [0.25, 0.3) is 55.9 Å². The van der Waals surface area contributed by atoms with E-state index in [1.165, 1.54) is 0 Å². The first-order chi connectivity index (χ1) is 18.4. The third-order valence-corrected chi connectivity index (χ3v) is 7.04. The van der Waals surface area contributed by atoms with Crippen molar-refractivity contribution in [2.24, 2.45) is 0 Å². The van der Waals surface area contributed by atoms with Crippen LogP contribution in [0, 0.1) is 6.33 Å². The van der Waals surface area contributed by atoms with E-state index in [4.69, 9.17) is 4.98 Å². The smallest absolute Gasteiger partial charge is 0.269 e. The number of imidazole rings is 3.